The SMILES string of the molecule is N#Cc1cc(F)c(-n2c(=O)cc(C(F)(F)F)[nH]c2=O)cc1F.N#Cc1cc(F)c(-n2cnc(C(F)(F)F)cc2=O)cc1F.N#Cc1cc(F)c(NC(=O)/C=C(\N)C(F)(F)F)cc1F. The van der Waals surface area contributed by atoms with E-state index in [9.17, 15) is 85.0 Å². The predicted molar refractivity (Wildman–Crippen MR) is 180 cm³/mol. The van der Waals surface area contributed by atoms with Crippen LogP contribution in [-0.2, 0) is 17.1 Å². The molecule has 0 radical (unpaired) electrons. The van der Waals surface area contributed by atoms with Crippen LogP contribution >= 0.6 is 0 Å². The number of benzene rings is 3. The monoisotopic (exact) mass is 909 g/mol. The lowest BCUT2D eigenvalue weighted by Crippen LogP contribution is -2.36. The van der Waals surface area contributed by atoms with Crippen molar-refractivity contribution in [2.24, 2.45) is 5.73 Å². The van der Waals surface area contributed by atoms with Crippen molar-refractivity contribution in [2.45, 2.75) is 18.5 Å². The van der Waals surface area contributed by atoms with Gasteiger partial charge in [-0.15, -0.1) is 0 Å². The van der Waals surface area contributed by atoms with Crippen molar-refractivity contribution in [1.82, 2.24) is 19.1 Å². The third-order valence-electron chi connectivity index (χ3n) is 7.20. The minimum atomic E-state index is -4.98. The second-order valence-electron chi connectivity index (χ2n) is 11.4. The fraction of sp³-hybridized carbons (Fsp3) is 0.0857. The quantitative estimate of drug-likeness (QED) is 0.137. The minimum absolute atomic E-state index is 0.00442. The van der Waals surface area contributed by atoms with Gasteiger partial charge in [0, 0.05) is 36.4 Å². The number of alkyl halides is 9. The standard InChI is InChI=1S/C12H4F5N3O2.C12H4F5N3O.C11H6F5N3O/c13-6-2-8(7(14)1-5(6)4-18)20-10(21)3-9(12(15,16)17)19-11(20)22;13-7-2-9(8(14)1-6(7)4-18)20-5-19-10(3-11(20)21)12(15,16)17;12-6-2-8(7(13)1-5(6)4-17)19-10(20)3-9(18)11(14,15)16/h1-3H,(H,19,22);1-3,5H;1-3H,18H2,(H,19,20)/b;;9-3-. The van der Waals surface area contributed by atoms with Gasteiger partial charge in [-0.05, 0) is 18.2 Å². The lowest BCUT2D eigenvalue weighted by atomic mass is 10.2. The number of halogens is 15. The molecule has 328 valence electrons. The first-order chi connectivity index (χ1) is 29.0. The fourth-order valence-electron chi connectivity index (χ4n) is 4.33. The molecule has 0 aliphatic heterocycles. The lowest BCUT2D eigenvalue weighted by Gasteiger charge is -2.10. The van der Waals surface area contributed by atoms with Gasteiger partial charge in [-0.1, -0.05) is 0 Å². The molecule has 0 bridgehead atoms. The van der Waals surface area contributed by atoms with Gasteiger partial charge in [-0.2, -0.15) is 55.3 Å². The summed E-state index contributed by atoms with van der Waals surface area (Å²) in [6.45, 7) is 0. The Kier molecular flexibility index (Phi) is 14.7. The Morgan fingerprint density at radius 1 is 0.651 bits per heavy atom. The Balaban J connectivity index is 0.000000252. The second kappa shape index (κ2) is 18.9. The Bertz CT molecular complexity index is 2920. The third-order valence-corrected chi connectivity index (χ3v) is 7.20. The smallest absolute Gasteiger partial charge is 0.395 e. The molecule has 4 N–H and O–H groups in total. The molecule has 0 saturated heterocycles. The molecule has 0 saturated carbocycles. The number of aromatic amines is 1. The number of hydrogen-bond acceptors (Lipinski definition) is 9. The molecule has 0 fully saturated rings. The number of aromatic nitrogens is 4. The molecular weight excluding hydrogens is 895 g/mol. The van der Waals surface area contributed by atoms with Crippen LogP contribution in [0.25, 0.3) is 11.4 Å². The zero-order valence-electron chi connectivity index (χ0n) is 29.8. The average molecular weight is 910 g/mol. The number of nitrogens with one attached hydrogen (secondary N) is 2. The van der Waals surface area contributed by atoms with Gasteiger partial charge in [0.2, 0.25) is 0 Å². The maximum absolute atomic E-state index is 13.7. The summed E-state index contributed by atoms with van der Waals surface area (Å²) in [5.74, 6) is -8.48. The van der Waals surface area contributed by atoms with Crippen LogP contribution in [0.15, 0.2) is 81.0 Å². The van der Waals surface area contributed by atoms with Crippen LogP contribution in [0.5, 0.6) is 0 Å². The van der Waals surface area contributed by atoms with Gasteiger partial charge in [0.1, 0.15) is 70.8 Å². The van der Waals surface area contributed by atoms with Gasteiger partial charge < -0.3 is 16.0 Å². The summed E-state index contributed by atoms with van der Waals surface area (Å²) >= 11 is 0. The first-order valence-corrected chi connectivity index (χ1v) is 15.7. The second-order valence-corrected chi connectivity index (χ2v) is 11.4. The highest BCUT2D eigenvalue weighted by Crippen LogP contribution is 2.28. The molecule has 0 spiro atoms. The molecule has 5 rings (SSSR count). The Labute approximate surface area is 337 Å². The van der Waals surface area contributed by atoms with Crippen molar-refractivity contribution in [2.75, 3.05) is 5.32 Å². The van der Waals surface area contributed by atoms with Gasteiger partial charge in [-0.25, -0.2) is 40.7 Å². The zero-order valence-corrected chi connectivity index (χ0v) is 29.8. The van der Waals surface area contributed by atoms with Crippen LogP contribution in [0.4, 0.5) is 71.5 Å². The summed E-state index contributed by atoms with van der Waals surface area (Å²) in [6, 6.07) is 7.13. The summed E-state index contributed by atoms with van der Waals surface area (Å²) in [5.41, 5.74) is -8.64. The van der Waals surface area contributed by atoms with Crippen molar-refractivity contribution in [3.8, 4) is 29.6 Å². The number of carbonyl (C=O) groups excluding carboxylic acids is 1. The number of nitrogens with two attached hydrogens (primary N) is 1. The highest BCUT2D eigenvalue weighted by Gasteiger charge is 2.35. The van der Waals surface area contributed by atoms with Gasteiger partial charge >= 0.3 is 24.2 Å². The van der Waals surface area contributed by atoms with Crippen LogP contribution in [0.2, 0.25) is 0 Å². The Morgan fingerprint density at radius 3 is 1.57 bits per heavy atom. The van der Waals surface area contributed by atoms with E-state index in [0.717, 1.165) is 0 Å². The first-order valence-electron chi connectivity index (χ1n) is 15.7. The number of anilines is 1. The molecule has 3 aromatic carbocycles. The van der Waals surface area contributed by atoms with E-state index in [1.165, 1.54) is 23.2 Å². The van der Waals surface area contributed by atoms with E-state index in [4.69, 9.17) is 15.8 Å². The van der Waals surface area contributed by atoms with Crippen molar-refractivity contribution < 1.29 is 70.7 Å². The number of amides is 1. The number of nitrogens with zero attached hydrogens (tertiary/aromatic N) is 6. The molecule has 0 aliphatic rings. The largest absolute Gasteiger partial charge is 0.433 e. The maximum Gasteiger partial charge on any atom is 0.433 e. The summed E-state index contributed by atoms with van der Waals surface area (Å²) in [6.07, 6.45) is -14.3. The van der Waals surface area contributed by atoms with E-state index in [-0.39, 0.29) is 22.8 Å². The van der Waals surface area contributed by atoms with Crippen molar-refractivity contribution >= 4 is 11.6 Å². The normalized spacial score (nSPS) is 11.5. The molecule has 0 atom stereocenters. The number of hydrogen-bond donors (Lipinski definition) is 3. The molecular formula is C35H14F15N9O4. The average Bonchev–Trinajstić information content (AvgIpc) is 3.17. The molecule has 2 aromatic heterocycles. The van der Waals surface area contributed by atoms with Gasteiger partial charge in [0.05, 0.1) is 33.8 Å². The minimum Gasteiger partial charge on any atom is -0.395 e. The van der Waals surface area contributed by atoms with Crippen LogP contribution in [0.1, 0.15) is 28.1 Å². The van der Waals surface area contributed by atoms with Crippen molar-refractivity contribution in [3.05, 3.63) is 161 Å². The van der Waals surface area contributed by atoms with E-state index in [1.54, 1.807) is 5.32 Å². The Morgan fingerprint density at radius 2 is 1.13 bits per heavy atom. The van der Waals surface area contributed by atoms with Crippen molar-refractivity contribution in [3.63, 3.8) is 0 Å². The number of allylic oxidation sites excluding steroid dienone is 1. The number of H-pyrrole nitrogens is 1. The number of carbonyl (C=O) groups is 1. The lowest BCUT2D eigenvalue weighted by molar-refractivity contribution is -0.142. The highest BCUT2D eigenvalue weighted by atomic mass is 19.4. The topological polar surface area (TPSA) is 216 Å². The van der Waals surface area contributed by atoms with Gasteiger partial charge in [-0.3, -0.25) is 19.0 Å². The molecule has 2 heterocycles. The summed E-state index contributed by atoms with van der Waals surface area (Å²) in [5, 5.41) is 27.2. The van der Waals surface area contributed by atoms with Crippen LogP contribution in [0.3, 0.4) is 0 Å². The third kappa shape index (κ3) is 12.1. The number of rotatable bonds is 4. The molecule has 0 unspecified atom stereocenters. The summed E-state index contributed by atoms with van der Waals surface area (Å²) < 4.78 is 192. The molecule has 5 aromatic rings. The van der Waals surface area contributed by atoms with Crippen LogP contribution in [-0.4, -0.2) is 31.2 Å². The van der Waals surface area contributed by atoms with E-state index in [0.29, 0.717) is 47.3 Å². The van der Waals surface area contributed by atoms with E-state index < -0.39 is 127 Å². The van der Waals surface area contributed by atoms with Gasteiger partial charge in [0.25, 0.3) is 17.0 Å². The molecule has 13 nitrogen and oxygen atoms in total. The summed E-state index contributed by atoms with van der Waals surface area (Å²) in [4.78, 5) is 50.3. The van der Waals surface area contributed by atoms with Crippen LogP contribution in [0, 0.1) is 68.9 Å². The van der Waals surface area contributed by atoms with Gasteiger partial charge in [0.15, 0.2) is 5.69 Å². The number of nitriles is 3. The predicted octanol–water partition coefficient (Wildman–Crippen LogP) is 6.28. The van der Waals surface area contributed by atoms with Crippen LogP contribution < -0.4 is 27.9 Å². The summed E-state index contributed by atoms with van der Waals surface area (Å²) in [7, 11) is 0. The van der Waals surface area contributed by atoms with Crippen molar-refractivity contribution in [1.29, 1.82) is 15.8 Å². The Hall–Kier alpha value is -8.35. The highest BCUT2D eigenvalue weighted by molar-refractivity contribution is 5.99. The maximum atomic E-state index is 13.7. The van der Waals surface area contributed by atoms with E-state index in [1.807, 2.05) is 0 Å². The molecule has 1 amide bonds. The molecule has 63 heavy (non-hydrogen) atoms. The molecule has 0 aliphatic carbocycles. The molecule has 28 heteroatoms. The van der Waals surface area contributed by atoms with E-state index in [2.05, 4.69) is 10.7 Å². The van der Waals surface area contributed by atoms with E-state index >= 15 is 0 Å². The first kappa shape index (κ1) is 49.0. The fourth-order valence-corrected chi connectivity index (χ4v) is 4.33. The zero-order chi connectivity index (χ0) is 47.9.